The van der Waals surface area contributed by atoms with Crippen LogP contribution in [0.2, 0.25) is 5.02 Å². The van der Waals surface area contributed by atoms with E-state index in [0.29, 0.717) is 28.1 Å². The van der Waals surface area contributed by atoms with E-state index in [9.17, 15) is 28.0 Å². The van der Waals surface area contributed by atoms with E-state index in [1.165, 1.54) is 36.4 Å². The van der Waals surface area contributed by atoms with Crippen molar-refractivity contribution in [2.75, 3.05) is 5.32 Å². The average molecular weight is 492 g/mol. The summed E-state index contributed by atoms with van der Waals surface area (Å²) < 4.78 is 40.2. The van der Waals surface area contributed by atoms with Gasteiger partial charge in [0, 0.05) is 33.7 Å². The molecule has 0 saturated heterocycles. The molecule has 0 aliphatic heterocycles. The Balaban J connectivity index is 1.49. The minimum Gasteiger partial charge on any atom is -0.423 e. The second-order valence-electron chi connectivity index (χ2n) is 8.39. The van der Waals surface area contributed by atoms with Crippen molar-refractivity contribution in [1.29, 1.82) is 0 Å². The molecule has 3 aromatic rings. The molecule has 34 heavy (non-hydrogen) atoms. The summed E-state index contributed by atoms with van der Waals surface area (Å²) in [6.07, 6.45) is -1.79. The zero-order chi connectivity index (χ0) is 24.5. The van der Waals surface area contributed by atoms with Gasteiger partial charge in [-0.3, -0.25) is 4.79 Å². The van der Waals surface area contributed by atoms with Crippen LogP contribution in [0.3, 0.4) is 0 Å². The number of hydrogen-bond donors (Lipinski definition) is 4. The van der Waals surface area contributed by atoms with Crippen LogP contribution in [0.15, 0.2) is 48.5 Å². The molecular formula is C23H22BClF3N3O3. The fraction of sp³-hybridized carbons (Fsp3) is 0.304. The normalized spacial score (nSPS) is 18.5. The topological polar surface area (TPSA) is 94.5 Å². The Labute approximate surface area is 199 Å². The predicted octanol–water partition coefficient (Wildman–Crippen LogP) is 3.74. The molecule has 1 fully saturated rings. The van der Waals surface area contributed by atoms with Crippen LogP contribution >= 0.6 is 11.6 Å². The summed E-state index contributed by atoms with van der Waals surface area (Å²) in [7, 11) is -1.61. The molecule has 0 bridgehead atoms. The van der Waals surface area contributed by atoms with Crippen molar-refractivity contribution in [3.63, 3.8) is 0 Å². The number of anilines is 1. The second kappa shape index (κ2) is 9.81. The van der Waals surface area contributed by atoms with E-state index in [0.717, 1.165) is 25.3 Å². The van der Waals surface area contributed by atoms with Gasteiger partial charge in [-0.1, -0.05) is 23.7 Å². The number of benzene rings is 2. The minimum atomic E-state index is -4.59. The lowest BCUT2D eigenvalue weighted by Gasteiger charge is -2.31. The number of nitrogens with one attached hydrogen (secondary N) is 2. The second-order valence-corrected chi connectivity index (χ2v) is 8.82. The van der Waals surface area contributed by atoms with E-state index in [-0.39, 0.29) is 29.0 Å². The van der Waals surface area contributed by atoms with Crippen LogP contribution in [0.4, 0.5) is 18.9 Å². The number of amides is 1. The molecule has 1 aliphatic rings. The van der Waals surface area contributed by atoms with Crippen LogP contribution in [-0.4, -0.2) is 40.1 Å². The van der Waals surface area contributed by atoms with E-state index in [2.05, 4.69) is 15.6 Å². The summed E-state index contributed by atoms with van der Waals surface area (Å²) in [5.74, 6) is -0.301. The Morgan fingerprint density at radius 2 is 1.76 bits per heavy atom. The van der Waals surface area contributed by atoms with E-state index < -0.39 is 19.0 Å². The summed E-state index contributed by atoms with van der Waals surface area (Å²) in [6, 6.07) is 11.2. The molecule has 0 unspecified atom stereocenters. The number of halogens is 4. The predicted molar refractivity (Wildman–Crippen MR) is 125 cm³/mol. The number of carbonyl (C=O) groups is 1. The molecule has 4 N–H and O–H groups in total. The van der Waals surface area contributed by atoms with E-state index >= 15 is 0 Å². The van der Waals surface area contributed by atoms with Crippen LogP contribution in [0.5, 0.6) is 0 Å². The lowest BCUT2D eigenvalue weighted by molar-refractivity contribution is -0.140. The monoisotopic (exact) mass is 491 g/mol. The number of aromatic nitrogens is 1. The molecule has 0 spiro atoms. The van der Waals surface area contributed by atoms with Crippen molar-refractivity contribution in [2.45, 2.75) is 43.9 Å². The van der Waals surface area contributed by atoms with Gasteiger partial charge in [0.05, 0.1) is 5.52 Å². The molecular weight excluding hydrogens is 470 g/mol. The van der Waals surface area contributed by atoms with Crippen LogP contribution in [0.25, 0.3) is 10.9 Å². The van der Waals surface area contributed by atoms with Gasteiger partial charge in [0.1, 0.15) is 5.69 Å². The van der Waals surface area contributed by atoms with Gasteiger partial charge in [-0.2, -0.15) is 13.2 Å². The summed E-state index contributed by atoms with van der Waals surface area (Å²) in [4.78, 5) is 16.4. The molecule has 2 atom stereocenters. The van der Waals surface area contributed by atoms with Gasteiger partial charge in [-0.05, 0) is 67.5 Å². The van der Waals surface area contributed by atoms with Gasteiger partial charge < -0.3 is 20.7 Å². The fourth-order valence-corrected chi connectivity index (χ4v) is 4.38. The van der Waals surface area contributed by atoms with Crippen LogP contribution < -0.4 is 16.1 Å². The van der Waals surface area contributed by atoms with Gasteiger partial charge in [-0.25, -0.2) is 4.98 Å². The first-order chi connectivity index (χ1) is 16.1. The molecule has 1 aliphatic carbocycles. The summed E-state index contributed by atoms with van der Waals surface area (Å²) in [6.45, 7) is 0. The molecule has 4 rings (SSSR count). The summed E-state index contributed by atoms with van der Waals surface area (Å²) >= 11 is 6.08. The first kappa shape index (κ1) is 24.3. The molecule has 6 nitrogen and oxygen atoms in total. The molecule has 2 aromatic carbocycles. The Morgan fingerprint density at radius 3 is 2.44 bits per heavy atom. The maximum atomic E-state index is 13.4. The van der Waals surface area contributed by atoms with Crippen molar-refractivity contribution >= 4 is 46.7 Å². The minimum absolute atomic E-state index is 0.156. The smallest absolute Gasteiger partial charge is 0.423 e. The Kier molecular flexibility index (Phi) is 7.02. The largest absolute Gasteiger partial charge is 0.488 e. The average Bonchev–Trinajstić information content (AvgIpc) is 2.79. The SMILES string of the molecule is O=C(N[C@@H]1CCC[C@H](Nc2cc(C(F)(F)F)nc3ccc(Cl)cc23)C1)c1ccc(B(O)O)cc1. The third-order valence-electron chi connectivity index (χ3n) is 5.90. The Hall–Kier alpha value is -2.82. The molecule has 0 radical (unpaired) electrons. The molecule has 178 valence electrons. The highest BCUT2D eigenvalue weighted by Gasteiger charge is 2.34. The third-order valence-corrected chi connectivity index (χ3v) is 6.14. The number of pyridine rings is 1. The van der Waals surface area contributed by atoms with Crippen LogP contribution in [0.1, 0.15) is 41.7 Å². The quantitative estimate of drug-likeness (QED) is 0.408. The zero-order valence-corrected chi connectivity index (χ0v) is 18.7. The number of hydrogen-bond acceptors (Lipinski definition) is 5. The highest BCUT2D eigenvalue weighted by atomic mass is 35.5. The first-order valence-corrected chi connectivity index (χ1v) is 11.2. The van der Waals surface area contributed by atoms with Crippen molar-refractivity contribution in [3.8, 4) is 0 Å². The Bertz CT molecular complexity index is 1190. The number of fused-ring (bicyclic) bond motifs is 1. The van der Waals surface area contributed by atoms with E-state index in [4.69, 9.17) is 11.6 Å². The van der Waals surface area contributed by atoms with Crippen molar-refractivity contribution in [3.05, 3.63) is 64.8 Å². The van der Waals surface area contributed by atoms with Gasteiger partial charge in [0.15, 0.2) is 0 Å². The Morgan fingerprint density at radius 1 is 1.06 bits per heavy atom. The molecule has 1 saturated carbocycles. The fourth-order valence-electron chi connectivity index (χ4n) is 4.21. The van der Waals surface area contributed by atoms with Gasteiger partial charge >= 0.3 is 13.3 Å². The molecule has 11 heteroatoms. The van der Waals surface area contributed by atoms with Gasteiger partial charge in [-0.15, -0.1) is 0 Å². The van der Waals surface area contributed by atoms with Crippen molar-refractivity contribution in [2.24, 2.45) is 0 Å². The number of nitrogens with zero attached hydrogens (tertiary/aromatic N) is 1. The molecule has 1 heterocycles. The standard InChI is InChI=1S/C23H22BClF3N3O3/c25-15-8-9-19-18(10-15)20(12-21(31-19)23(26,27)28)29-16-2-1-3-17(11-16)30-22(32)13-4-6-14(7-5-13)24(33)34/h4-10,12,16-17,33-34H,1-3,11H2,(H,29,31)(H,30,32)/t16-,17+/m0/s1. The molecule has 1 aromatic heterocycles. The third kappa shape index (κ3) is 5.63. The molecule has 1 amide bonds. The van der Waals surface area contributed by atoms with Crippen LogP contribution in [0, 0.1) is 0 Å². The number of carbonyl (C=O) groups excluding carboxylic acids is 1. The zero-order valence-electron chi connectivity index (χ0n) is 17.9. The highest BCUT2D eigenvalue weighted by molar-refractivity contribution is 6.58. The maximum absolute atomic E-state index is 13.4. The van der Waals surface area contributed by atoms with E-state index in [1.54, 1.807) is 6.07 Å². The maximum Gasteiger partial charge on any atom is 0.488 e. The van der Waals surface area contributed by atoms with Crippen molar-refractivity contribution < 1.29 is 28.0 Å². The summed E-state index contributed by atoms with van der Waals surface area (Å²) in [5.41, 5.74) is 0.168. The van der Waals surface area contributed by atoms with E-state index in [1.807, 2.05) is 0 Å². The summed E-state index contributed by atoms with van der Waals surface area (Å²) in [5, 5.41) is 25.4. The van der Waals surface area contributed by atoms with Gasteiger partial charge in [0.2, 0.25) is 0 Å². The van der Waals surface area contributed by atoms with Crippen molar-refractivity contribution in [1.82, 2.24) is 10.3 Å². The van der Waals surface area contributed by atoms with Gasteiger partial charge in [0.25, 0.3) is 5.91 Å². The first-order valence-electron chi connectivity index (χ1n) is 10.8. The van der Waals surface area contributed by atoms with Crippen LogP contribution in [-0.2, 0) is 6.18 Å². The highest BCUT2D eigenvalue weighted by Crippen LogP contribution is 2.35. The number of alkyl halides is 3. The number of rotatable bonds is 5. The lowest BCUT2D eigenvalue weighted by Crippen LogP contribution is -2.42. The lowest BCUT2D eigenvalue weighted by atomic mass is 9.80.